The quantitative estimate of drug-likeness (QED) is 0.778. The van der Waals surface area contributed by atoms with Gasteiger partial charge >= 0.3 is 0 Å². The summed E-state index contributed by atoms with van der Waals surface area (Å²) in [5.74, 6) is 0. The van der Waals surface area contributed by atoms with E-state index < -0.39 is 0 Å². The first-order chi connectivity index (χ1) is 7.20. The highest BCUT2D eigenvalue weighted by molar-refractivity contribution is 6.31. The fourth-order valence-electron chi connectivity index (χ4n) is 1.90. The molecule has 0 spiro atoms. The molecular formula is C11H13ClN2O. The minimum Gasteiger partial charge on any atom is -0.369 e. The Hall–Kier alpha value is -1.06. The third kappa shape index (κ3) is 2.13. The summed E-state index contributed by atoms with van der Waals surface area (Å²) in [6.45, 7) is 1.68. The highest BCUT2D eigenvalue weighted by Gasteiger charge is 2.21. The lowest BCUT2D eigenvalue weighted by molar-refractivity contribution is 0.112. The van der Waals surface area contributed by atoms with Gasteiger partial charge in [-0.25, -0.2) is 0 Å². The van der Waals surface area contributed by atoms with Gasteiger partial charge in [-0.05, 0) is 24.6 Å². The monoisotopic (exact) mass is 224 g/mol. The lowest BCUT2D eigenvalue weighted by Gasteiger charge is -2.20. The molecule has 0 aromatic heterocycles. The third-order valence-corrected chi connectivity index (χ3v) is 2.92. The van der Waals surface area contributed by atoms with Crippen molar-refractivity contribution in [1.29, 1.82) is 0 Å². The smallest absolute Gasteiger partial charge is 0.152 e. The van der Waals surface area contributed by atoms with E-state index in [-0.39, 0.29) is 6.04 Å². The SMILES string of the molecule is N[C@H]1CCN(c2cc(Cl)ccc2C=O)C1. The molecule has 1 aliphatic heterocycles. The van der Waals surface area contributed by atoms with E-state index in [1.807, 2.05) is 6.07 Å². The molecule has 1 fully saturated rings. The molecular weight excluding hydrogens is 212 g/mol. The molecule has 1 aromatic rings. The van der Waals surface area contributed by atoms with Gasteiger partial charge in [0.1, 0.15) is 0 Å². The topological polar surface area (TPSA) is 46.3 Å². The number of benzene rings is 1. The highest BCUT2D eigenvalue weighted by Crippen LogP contribution is 2.26. The average molecular weight is 225 g/mol. The van der Waals surface area contributed by atoms with Gasteiger partial charge in [-0.1, -0.05) is 11.6 Å². The fraction of sp³-hybridized carbons (Fsp3) is 0.364. The normalized spacial score (nSPS) is 20.7. The Morgan fingerprint density at radius 1 is 1.53 bits per heavy atom. The molecule has 1 aliphatic rings. The molecule has 0 saturated carbocycles. The highest BCUT2D eigenvalue weighted by atomic mass is 35.5. The molecule has 0 unspecified atom stereocenters. The van der Waals surface area contributed by atoms with Crippen LogP contribution in [0.5, 0.6) is 0 Å². The summed E-state index contributed by atoms with van der Waals surface area (Å²) < 4.78 is 0. The van der Waals surface area contributed by atoms with Crippen LogP contribution in [0.4, 0.5) is 5.69 Å². The van der Waals surface area contributed by atoms with Gasteiger partial charge in [0.2, 0.25) is 0 Å². The number of hydrogen-bond donors (Lipinski definition) is 1. The van der Waals surface area contributed by atoms with Crippen molar-refractivity contribution in [2.45, 2.75) is 12.5 Å². The molecule has 3 nitrogen and oxygen atoms in total. The van der Waals surface area contributed by atoms with Gasteiger partial charge in [-0.15, -0.1) is 0 Å². The van der Waals surface area contributed by atoms with Gasteiger partial charge in [-0.3, -0.25) is 4.79 Å². The molecule has 0 amide bonds. The minimum absolute atomic E-state index is 0.198. The predicted octanol–water partition coefficient (Wildman–Crippen LogP) is 1.69. The number of rotatable bonds is 2. The second-order valence-corrected chi connectivity index (χ2v) is 4.25. The van der Waals surface area contributed by atoms with E-state index in [2.05, 4.69) is 4.90 Å². The van der Waals surface area contributed by atoms with Crippen LogP contribution in [-0.2, 0) is 0 Å². The molecule has 0 radical (unpaired) electrons. The zero-order valence-electron chi connectivity index (χ0n) is 8.32. The Kier molecular flexibility index (Phi) is 2.93. The van der Waals surface area contributed by atoms with Crippen molar-refractivity contribution in [2.24, 2.45) is 5.73 Å². The molecule has 1 heterocycles. The van der Waals surface area contributed by atoms with Gasteiger partial charge in [0.25, 0.3) is 0 Å². The summed E-state index contributed by atoms with van der Waals surface area (Å²) in [5, 5.41) is 0.649. The van der Waals surface area contributed by atoms with E-state index in [1.165, 1.54) is 0 Å². The Labute approximate surface area is 93.8 Å². The predicted molar refractivity (Wildman–Crippen MR) is 61.6 cm³/mol. The zero-order chi connectivity index (χ0) is 10.8. The number of anilines is 1. The molecule has 15 heavy (non-hydrogen) atoms. The van der Waals surface area contributed by atoms with Crippen LogP contribution in [0.15, 0.2) is 18.2 Å². The van der Waals surface area contributed by atoms with Gasteiger partial charge in [0.05, 0.1) is 0 Å². The third-order valence-electron chi connectivity index (χ3n) is 2.68. The summed E-state index contributed by atoms with van der Waals surface area (Å²) in [5.41, 5.74) is 7.40. The number of nitrogens with zero attached hydrogens (tertiary/aromatic N) is 1. The molecule has 1 aromatic carbocycles. The second kappa shape index (κ2) is 4.21. The van der Waals surface area contributed by atoms with Crippen LogP contribution in [0.3, 0.4) is 0 Å². The molecule has 4 heteroatoms. The number of nitrogens with two attached hydrogens (primary N) is 1. The summed E-state index contributed by atoms with van der Waals surface area (Å²) in [6, 6.07) is 5.49. The zero-order valence-corrected chi connectivity index (χ0v) is 9.07. The van der Waals surface area contributed by atoms with E-state index in [0.717, 1.165) is 31.5 Å². The van der Waals surface area contributed by atoms with Crippen LogP contribution in [-0.4, -0.2) is 25.4 Å². The van der Waals surface area contributed by atoms with Crippen LogP contribution in [0.1, 0.15) is 16.8 Å². The van der Waals surface area contributed by atoms with E-state index in [1.54, 1.807) is 12.1 Å². The van der Waals surface area contributed by atoms with E-state index in [9.17, 15) is 4.79 Å². The molecule has 1 saturated heterocycles. The van der Waals surface area contributed by atoms with E-state index >= 15 is 0 Å². The molecule has 80 valence electrons. The van der Waals surface area contributed by atoms with Crippen molar-refractivity contribution in [2.75, 3.05) is 18.0 Å². The summed E-state index contributed by atoms with van der Waals surface area (Å²) >= 11 is 5.91. The number of aldehydes is 1. The van der Waals surface area contributed by atoms with Gasteiger partial charge in [0, 0.05) is 35.4 Å². The summed E-state index contributed by atoms with van der Waals surface area (Å²) in [4.78, 5) is 13.0. The van der Waals surface area contributed by atoms with Gasteiger partial charge in [0.15, 0.2) is 6.29 Å². The van der Waals surface area contributed by atoms with Crippen molar-refractivity contribution in [3.8, 4) is 0 Å². The largest absolute Gasteiger partial charge is 0.369 e. The van der Waals surface area contributed by atoms with Crippen molar-refractivity contribution < 1.29 is 4.79 Å². The lowest BCUT2D eigenvalue weighted by Crippen LogP contribution is -2.26. The molecule has 0 bridgehead atoms. The van der Waals surface area contributed by atoms with E-state index in [0.29, 0.717) is 10.6 Å². The number of hydrogen-bond acceptors (Lipinski definition) is 3. The van der Waals surface area contributed by atoms with Crippen molar-refractivity contribution >= 4 is 23.6 Å². The first-order valence-corrected chi connectivity index (χ1v) is 5.34. The fourth-order valence-corrected chi connectivity index (χ4v) is 2.06. The summed E-state index contributed by atoms with van der Waals surface area (Å²) in [6.07, 6.45) is 1.82. The maximum atomic E-state index is 10.9. The number of carbonyl (C=O) groups is 1. The molecule has 2 N–H and O–H groups in total. The second-order valence-electron chi connectivity index (χ2n) is 3.82. The number of halogens is 1. The van der Waals surface area contributed by atoms with Crippen LogP contribution < -0.4 is 10.6 Å². The standard InChI is InChI=1S/C11H13ClN2O/c12-9-2-1-8(7-15)11(5-9)14-4-3-10(13)6-14/h1-2,5,7,10H,3-4,6,13H2/t10-/m0/s1. The molecule has 2 rings (SSSR count). The minimum atomic E-state index is 0.198. The Morgan fingerprint density at radius 3 is 2.93 bits per heavy atom. The van der Waals surface area contributed by atoms with Crippen molar-refractivity contribution in [1.82, 2.24) is 0 Å². The Balaban J connectivity index is 2.33. The van der Waals surface area contributed by atoms with Crippen LogP contribution >= 0.6 is 11.6 Å². The van der Waals surface area contributed by atoms with Crippen molar-refractivity contribution in [3.63, 3.8) is 0 Å². The van der Waals surface area contributed by atoms with Crippen LogP contribution in [0, 0.1) is 0 Å². The Bertz CT molecular complexity index is 381. The lowest BCUT2D eigenvalue weighted by atomic mass is 10.2. The maximum absolute atomic E-state index is 10.9. The van der Waals surface area contributed by atoms with Crippen LogP contribution in [0.25, 0.3) is 0 Å². The number of carbonyl (C=O) groups excluding carboxylic acids is 1. The van der Waals surface area contributed by atoms with E-state index in [4.69, 9.17) is 17.3 Å². The van der Waals surface area contributed by atoms with Gasteiger partial charge in [-0.2, -0.15) is 0 Å². The van der Waals surface area contributed by atoms with Gasteiger partial charge < -0.3 is 10.6 Å². The first-order valence-electron chi connectivity index (χ1n) is 4.96. The summed E-state index contributed by atoms with van der Waals surface area (Å²) in [7, 11) is 0. The molecule has 1 atom stereocenters. The van der Waals surface area contributed by atoms with Crippen LogP contribution in [0.2, 0.25) is 5.02 Å². The van der Waals surface area contributed by atoms with Crippen molar-refractivity contribution in [3.05, 3.63) is 28.8 Å². The maximum Gasteiger partial charge on any atom is 0.152 e. The Morgan fingerprint density at radius 2 is 2.33 bits per heavy atom. The molecule has 0 aliphatic carbocycles. The average Bonchev–Trinajstić information content (AvgIpc) is 2.65. The first kappa shape index (κ1) is 10.5.